The van der Waals surface area contributed by atoms with E-state index in [1.165, 1.54) is 0 Å². The van der Waals surface area contributed by atoms with E-state index in [1.807, 2.05) is 0 Å². The molecule has 0 saturated carbocycles. The van der Waals surface area contributed by atoms with Crippen molar-refractivity contribution in [3.05, 3.63) is 0 Å². The molecule has 8 heteroatoms. The standard InChI is InChI=1S/C20H42O8/c1-4-20(2)19-28-18-17-27-16-15-26-14-13-25-12-11-24-10-9-23-8-7-22-6-5-21-3/h20H,4-19H2,1-3H3. The summed E-state index contributed by atoms with van der Waals surface area (Å²) >= 11 is 0. The van der Waals surface area contributed by atoms with Crippen molar-refractivity contribution in [1.29, 1.82) is 0 Å². The topological polar surface area (TPSA) is 73.8 Å². The van der Waals surface area contributed by atoms with Gasteiger partial charge in [-0.15, -0.1) is 0 Å². The molecule has 28 heavy (non-hydrogen) atoms. The third-order valence-corrected chi connectivity index (χ3v) is 3.76. The number of hydrogen-bond donors (Lipinski definition) is 0. The Bertz CT molecular complexity index is 281. The second-order valence-electron chi connectivity index (χ2n) is 6.26. The zero-order valence-electron chi connectivity index (χ0n) is 18.2. The minimum absolute atomic E-state index is 0.549. The molecule has 0 aliphatic carbocycles. The van der Waals surface area contributed by atoms with Crippen molar-refractivity contribution in [2.75, 3.05) is 106 Å². The van der Waals surface area contributed by atoms with Crippen molar-refractivity contribution in [2.45, 2.75) is 20.3 Å². The largest absolute Gasteiger partial charge is 0.382 e. The Labute approximate surface area is 171 Å². The van der Waals surface area contributed by atoms with E-state index >= 15 is 0 Å². The molecule has 0 spiro atoms. The fourth-order valence-corrected chi connectivity index (χ4v) is 1.86. The van der Waals surface area contributed by atoms with E-state index in [1.54, 1.807) is 7.11 Å². The van der Waals surface area contributed by atoms with Crippen molar-refractivity contribution in [1.82, 2.24) is 0 Å². The van der Waals surface area contributed by atoms with Crippen LogP contribution in [-0.4, -0.2) is 106 Å². The van der Waals surface area contributed by atoms with Crippen molar-refractivity contribution in [3.8, 4) is 0 Å². The van der Waals surface area contributed by atoms with Gasteiger partial charge in [0.15, 0.2) is 0 Å². The maximum atomic E-state index is 5.51. The van der Waals surface area contributed by atoms with Crippen molar-refractivity contribution in [3.63, 3.8) is 0 Å². The van der Waals surface area contributed by atoms with E-state index in [0.29, 0.717) is 98.4 Å². The van der Waals surface area contributed by atoms with Crippen LogP contribution in [0.3, 0.4) is 0 Å². The molecule has 0 radical (unpaired) electrons. The average molecular weight is 411 g/mol. The van der Waals surface area contributed by atoms with Gasteiger partial charge in [0.2, 0.25) is 0 Å². The highest BCUT2D eigenvalue weighted by atomic mass is 16.6. The maximum absolute atomic E-state index is 5.51. The van der Waals surface area contributed by atoms with Crippen molar-refractivity contribution in [2.24, 2.45) is 5.92 Å². The minimum atomic E-state index is 0.549. The number of hydrogen-bond acceptors (Lipinski definition) is 8. The van der Waals surface area contributed by atoms with Crippen molar-refractivity contribution >= 4 is 0 Å². The van der Waals surface area contributed by atoms with Gasteiger partial charge in [-0.2, -0.15) is 0 Å². The van der Waals surface area contributed by atoms with Crippen LogP contribution in [-0.2, 0) is 37.9 Å². The average Bonchev–Trinajstić information content (AvgIpc) is 2.71. The lowest BCUT2D eigenvalue weighted by molar-refractivity contribution is -0.0229. The molecule has 170 valence electrons. The Morgan fingerprint density at radius 1 is 0.464 bits per heavy atom. The van der Waals surface area contributed by atoms with E-state index in [0.717, 1.165) is 13.0 Å². The first-order valence-electron chi connectivity index (χ1n) is 10.3. The molecule has 0 rings (SSSR count). The predicted molar refractivity (Wildman–Crippen MR) is 107 cm³/mol. The van der Waals surface area contributed by atoms with E-state index in [9.17, 15) is 0 Å². The van der Waals surface area contributed by atoms with Crippen LogP contribution in [0.4, 0.5) is 0 Å². The van der Waals surface area contributed by atoms with Gasteiger partial charge in [0.25, 0.3) is 0 Å². The highest BCUT2D eigenvalue weighted by Crippen LogP contribution is 1.99. The summed E-state index contributed by atoms with van der Waals surface area (Å²) in [7, 11) is 1.65. The summed E-state index contributed by atoms with van der Waals surface area (Å²) < 4.78 is 42.7. The molecule has 0 heterocycles. The molecule has 0 N–H and O–H groups in total. The van der Waals surface area contributed by atoms with Crippen LogP contribution in [0.15, 0.2) is 0 Å². The molecule has 0 aromatic heterocycles. The van der Waals surface area contributed by atoms with Gasteiger partial charge in [0.1, 0.15) is 0 Å². The molecular formula is C20H42O8. The number of methoxy groups -OCH3 is 1. The summed E-state index contributed by atoms with van der Waals surface area (Å²) in [5.41, 5.74) is 0. The molecule has 1 unspecified atom stereocenters. The van der Waals surface area contributed by atoms with E-state index in [-0.39, 0.29) is 0 Å². The Morgan fingerprint density at radius 3 is 1.04 bits per heavy atom. The lowest BCUT2D eigenvalue weighted by Gasteiger charge is -2.10. The fraction of sp³-hybridized carbons (Fsp3) is 1.00. The zero-order valence-corrected chi connectivity index (χ0v) is 18.2. The summed E-state index contributed by atoms with van der Waals surface area (Å²) in [5, 5.41) is 0. The van der Waals surface area contributed by atoms with Crippen LogP contribution in [0.25, 0.3) is 0 Å². The third kappa shape index (κ3) is 23.7. The maximum Gasteiger partial charge on any atom is 0.0701 e. The molecule has 0 aromatic rings. The van der Waals surface area contributed by atoms with Crippen LogP contribution in [0.2, 0.25) is 0 Å². The normalized spacial score (nSPS) is 12.5. The first-order valence-corrected chi connectivity index (χ1v) is 10.3. The Morgan fingerprint density at radius 2 is 0.750 bits per heavy atom. The molecule has 0 aliphatic heterocycles. The van der Waals surface area contributed by atoms with Gasteiger partial charge in [-0.1, -0.05) is 20.3 Å². The molecule has 0 fully saturated rings. The molecule has 8 nitrogen and oxygen atoms in total. The first kappa shape index (κ1) is 27.7. The zero-order chi connectivity index (χ0) is 20.5. The highest BCUT2D eigenvalue weighted by Gasteiger charge is 1.98. The summed E-state index contributed by atoms with van der Waals surface area (Å²) in [6, 6.07) is 0. The Hall–Kier alpha value is -0.320. The molecule has 1 atom stereocenters. The Balaban J connectivity index is 3.00. The lowest BCUT2D eigenvalue weighted by Crippen LogP contribution is -2.15. The van der Waals surface area contributed by atoms with Gasteiger partial charge in [-0.25, -0.2) is 0 Å². The quantitative estimate of drug-likeness (QED) is 0.223. The second kappa shape index (κ2) is 24.7. The number of ether oxygens (including phenoxy) is 8. The van der Waals surface area contributed by atoms with Gasteiger partial charge in [0.05, 0.1) is 92.5 Å². The summed E-state index contributed by atoms with van der Waals surface area (Å²) in [6.45, 7) is 13.2. The van der Waals surface area contributed by atoms with E-state index in [4.69, 9.17) is 37.9 Å². The summed E-state index contributed by atoms with van der Waals surface area (Å²) in [5.74, 6) is 0.610. The van der Waals surface area contributed by atoms with Crippen LogP contribution < -0.4 is 0 Å². The fourth-order valence-electron chi connectivity index (χ4n) is 1.86. The van der Waals surface area contributed by atoms with Gasteiger partial charge < -0.3 is 37.9 Å². The highest BCUT2D eigenvalue weighted by molar-refractivity contribution is 4.45. The SMILES string of the molecule is CCC(C)COCCOCCOCCOCCOCCOCCOCCOC. The molecule has 0 aliphatic rings. The van der Waals surface area contributed by atoms with Crippen LogP contribution in [0, 0.1) is 5.92 Å². The molecular weight excluding hydrogens is 368 g/mol. The molecule has 0 bridgehead atoms. The van der Waals surface area contributed by atoms with Gasteiger partial charge in [0, 0.05) is 13.7 Å². The van der Waals surface area contributed by atoms with Crippen LogP contribution >= 0.6 is 0 Å². The van der Waals surface area contributed by atoms with E-state index < -0.39 is 0 Å². The summed E-state index contributed by atoms with van der Waals surface area (Å²) in [6.07, 6.45) is 1.14. The van der Waals surface area contributed by atoms with Crippen LogP contribution in [0.5, 0.6) is 0 Å². The molecule has 0 saturated heterocycles. The second-order valence-corrected chi connectivity index (χ2v) is 6.26. The smallest absolute Gasteiger partial charge is 0.0701 e. The summed E-state index contributed by atoms with van der Waals surface area (Å²) in [4.78, 5) is 0. The van der Waals surface area contributed by atoms with Gasteiger partial charge in [-0.3, -0.25) is 0 Å². The number of rotatable bonds is 24. The van der Waals surface area contributed by atoms with Gasteiger partial charge >= 0.3 is 0 Å². The first-order chi connectivity index (χ1) is 13.8. The third-order valence-electron chi connectivity index (χ3n) is 3.76. The van der Waals surface area contributed by atoms with Crippen molar-refractivity contribution < 1.29 is 37.9 Å². The minimum Gasteiger partial charge on any atom is -0.382 e. The predicted octanol–water partition coefficient (Wildman–Crippen LogP) is 1.80. The monoisotopic (exact) mass is 410 g/mol. The van der Waals surface area contributed by atoms with Crippen LogP contribution in [0.1, 0.15) is 20.3 Å². The van der Waals surface area contributed by atoms with Gasteiger partial charge in [-0.05, 0) is 5.92 Å². The lowest BCUT2D eigenvalue weighted by atomic mass is 10.1. The van der Waals surface area contributed by atoms with E-state index in [2.05, 4.69) is 13.8 Å². The molecule has 0 amide bonds. The Kier molecular flexibility index (Phi) is 24.4. The molecule has 0 aromatic carbocycles.